The number of hydrogen-bond donors (Lipinski definition) is 0. The zero-order valence-electron chi connectivity index (χ0n) is 10.2. The van der Waals surface area contributed by atoms with Gasteiger partial charge in [0.25, 0.3) is 0 Å². The molecule has 2 rings (SSSR count). The molecule has 17 heavy (non-hydrogen) atoms. The molecule has 2 aromatic rings. The van der Waals surface area contributed by atoms with Crippen LogP contribution in [0.4, 0.5) is 0 Å². The van der Waals surface area contributed by atoms with Crippen molar-refractivity contribution in [3.05, 3.63) is 59.2 Å². The first-order valence-electron chi connectivity index (χ1n) is 5.86. The summed E-state index contributed by atoms with van der Waals surface area (Å²) < 4.78 is 0. The molecular formula is C16H15N. The maximum Gasteiger partial charge on any atom is 0.0998 e. The summed E-state index contributed by atoms with van der Waals surface area (Å²) in [6.45, 7) is 4.24. The summed E-state index contributed by atoms with van der Waals surface area (Å²) in [6, 6.07) is 16.4. The highest BCUT2D eigenvalue weighted by molar-refractivity contribution is 5.74. The van der Waals surface area contributed by atoms with Gasteiger partial charge in [-0.15, -0.1) is 0 Å². The van der Waals surface area contributed by atoms with Crippen molar-refractivity contribution in [1.29, 1.82) is 5.26 Å². The van der Waals surface area contributed by atoms with Gasteiger partial charge in [0.1, 0.15) is 0 Å². The van der Waals surface area contributed by atoms with Gasteiger partial charge in [-0.05, 0) is 36.1 Å². The molecule has 0 aliphatic rings. The molecule has 0 saturated carbocycles. The number of benzene rings is 2. The lowest BCUT2D eigenvalue weighted by atomic mass is 9.91. The van der Waals surface area contributed by atoms with Gasteiger partial charge in [0.2, 0.25) is 0 Å². The van der Waals surface area contributed by atoms with Crippen molar-refractivity contribution in [2.75, 3.05) is 0 Å². The van der Waals surface area contributed by atoms with E-state index in [0.29, 0.717) is 0 Å². The summed E-state index contributed by atoms with van der Waals surface area (Å²) >= 11 is 0. The van der Waals surface area contributed by atoms with Gasteiger partial charge in [0.15, 0.2) is 0 Å². The zero-order chi connectivity index (χ0) is 12.3. The van der Waals surface area contributed by atoms with E-state index in [1.807, 2.05) is 24.3 Å². The molecule has 2 aromatic carbocycles. The van der Waals surface area contributed by atoms with Crippen LogP contribution in [0.5, 0.6) is 0 Å². The van der Waals surface area contributed by atoms with Gasteiger partial charge in [-0.2, -0.15) is 5.26 Å². The molecule has 0 unspecified atom stereocenters. The molecule has 0 amide bonds. The van der Waals surface area contributed by atoms with E-state index >= 15 is 0 Å². The molecule has 0 heterocycles. The predicted molar refractivity (Wildman–Crippen MR) is 70.7 cm³/mol. The monoisotopic (exact) mass is 221 g/mol. The van der Waals surface area contributed by atoms with Gasteiger partial charge in [0.05, 0.1) is 11.6 Å². The first-order valence-corrected chi connectivity index (χ1v) is 5.86. The third-order valence-electron chi connectivity index (χ3n) is 3.14. The third-order valence-corrected chi connectivity index (χ3v) is 3.14. The SMILES string of the molecule is CCc1ccc(C#N)c(-c2ccccc2)c1C. The van der Waals surface area contributed by atoms with Gasteiger partial charge in [-0.3, -0.25) is 0 Å². The van der Waals surface area contributed by atoms with Crippen LogP contribution in [0.3, 0.4) is 0 Å². The lowest BCUT2D eigenvalue weighted by Crippen LogP contribution is -1.94. The summed E-state index contributed by atoms with van der Waals surface area (Å²) in [5, 5.41) is 9.22. The number of rotatable bonds is 2. The predicted octanol–water partition coefficient (Wildman–Crippen LogP) is 4.10. The minimum absolute atomic E-state index is 0.755. The molecule has 0 spiro atoms. The molecule has 0 radical (unpaired) electrons. The third kappa shape index (κ3) is 2.07. The second kappa shape index (κ2) is 4.84. The van der Waals surface area contributed by atoms with E-state index in [9.17, 15) is 5.26 Å². The van der Waals surface area contributed by atoms with E-state index in [1.165, 1.54) is 11.1 Å². The molecule has 0 N–H and O–H groups in total. The lowest BCUT2D eigenvalue weighted by molar-refractivity contribution is 1.11. The molecule has 1 heteroatoms. The Kier molecular flexibility index (Phi) is 3.25. The van der Waals surface area contributed by atoms with E-state index < -0.39 is 0 Å². The molecule has 0 bridgehead atoms. The van der Waals surface area contributed by atoms with Gasteiger partial charge in [0, 0.05) is 5.56 Å². The molecule has 0 aliphatic carbocycles. The van der Waals surface area contributed by atoms with Crippen molar-refractivity contribution < 1.29 is 0 Å². The fourth-order valence-corrected chi connectivity index (χ4v) is 2.21. The Hall–Kier alpha value is -2.07. The first-order chi connectivity index (χ1) is 8.27. The Morgan fingerprint density at radius 2 is 1.76 bits per heavy atom. The molecule has 0 saturated heterocycles. The smallest absolute Gasteiger partial charge is 0.0998 e. The second-order valence-corrected chi connectivity index (χ2v) is 4.10. The summed E-state index contributed by atoms with van der Waals surface area (Å²) in [4.78, 5) is 0. The number of aryl methyl sites for hydroxylation is 1. The average Bonchev–Trinajstić information content (AvgIpc) is 2.39. The van der Waals surface area contributed by atoms with Crippen molar-refractivity contribution in [3.63, 3.8) is 0 Å². The Balaban J connectivity index is 2.71. The highest BCUT2D eigenvalue weighted by atomic mass is 14.3. The molecule has 0 aromatic heterocycles. The van der Waals surface area contributed by atoms with Gasteiger partial charge in [-0.1, -0.05) is 43.3 Å². The van der Waals surface area contributed by atoms with Crippen LogP contribution >= 0.6 is 0 Å². The molecule has 84 valence electrons. The highest BCUT2D eigenvalue weighted by Crippen LogP contribution is 2.29. The van der Waals surface area contributed by atoms with Crippen molar-refractivity contribution in [2.45, 2.75) is 20.3 Å². The number of nitriles is 1. The van der Waals surface area contributed by atoms with E-state index in [1.54, 1.807) is 0 Å². The Morgan fingerprint density at radius 3 is 2.35 bits per heavy atom. The van der Waals surface area contributed by atoms with Crippen LogP contribution in [0.25, 0.3) is 11.1 Å². The van der Waals surface area contributed by atoms with Crippen molar-refractivity contribution in [1.82, 2.24) is 0 Å². The van der Waals surface area contributed by atoms with Crippen LogP contribution in [-0.2, 0) is 6.42 Å². The van der Waals surface area contributed by atoms with E-state index in [-0.39, 0.29) is 0 Å². The maximum atomic E-state index is 9.22. The van der Waals surface area contributed by atoms with Crippen LogP contribution in [0, 0.1) is 18.3 Å². The normalized spacial score (nSPS) is 9.94. The lowest BCUT2D eigenvalue weighted by Gasteiger charge is -2.12. The summed E-state index contributed by atoms with van der Waals surface area (Å²) in [7, 11) is 0. The molecule has 1 nitrogen and oxygen atoms in total. The van der Waals surface area contributed by atoms with E-state index in [2.05, 4.69) is 38.1 Å². The minimum Gasteiger partial charge on any atom is -0.192 e. The Morgan fingerprint density at radius 1 is 1.06 bits per heavy atom. The maximum absolute atomic E-state index is 9.22. The quantitative estimate of drug-likeness (QED) is 0.749. The molecule has 0 atom stereocenters. The fraction of sp³-hybridized carbons (Fsp3) is 0.188. The highest BCUT2D eigenvalue weighted by Gasteiger charge is 2.10. The fourth-order valence-electron chi connectivity index (χ4n) is 2.21. The summed E-state index contributed by atoms with van der Waals surface area (Å²) in [5.74, 6) is 0. The number of hydrogen-bond acceptors (Lipinski definition) is 1. The number of nitrogens with zero attached hydrogens (tertiary/aromatic N) is 1. The topological polar surface area (TPSA) is 23.8 Å². The summed E-state index contributed by atoms with van der Waals surface area (Å²) in [5.41, 5.74) is 5.48. The standard InChI is InChI=1S/C16H15N/c1-3-13-9-10-15(11-17)16(12(13)2)14-7-5-4-6-8-14/h4-10H,3H2,1-2H3. The van der Waals surface area contributed by atoms with Crippen LogP contribution in [0.2, 0.25) is 0 Å². The van der Waals surface area contributed by atoms with Crippen LogP contribution in [0.1, 0.15) is 23.6 Å². The van der Waals surface area contributed by atoms with Crippen LogP contribution in [-0.4, -0.2) is 0 Å². The molecule has 0 aliphatic heterocycles. The van der Waals surface area contributed by atoms with E-state index in [4.69, 9.17) is 0 Å². The van der Waals surface area contributed by atoms with Gasteiger partial charge in [-0.25, -0.2) is 0 Å². The van der Waals surface area contributed by atoms with Gasteiger partial charge >= 0.3 is 0 Å². The van der Waals surface area contributed by atoms with Crippen LogP contribution in [0.15, 0.2) is 42.5 Å². The van der Waals surface area contributed by atoms with Crippen molar-refractivity contribution >= 4 is 0 Å². The second-order valence-electron chi connectivity index (χ2n) is 4.10. The first kappa shape index (κ1) is 11.4. The largest absolute Gasteiger partial charge is 0.192 e. The van der Waals surface area contributed by atoms with Crippen molar-refractivity contribution in [3.8, 4) is 17.2 Å². The molecular weight excluding hydrogens is 206 g/mol. The Labute approximate surface area is 102 Å². The average molecular weight is 221 g/mol. The molecule has 0 fully saturated rings. The summed E-state index contributed by atoms with van der Waals surface area (Å²) in [6.07, 6.45) is 0.997. The minimum atomic E-state index is 0.755. The zero-order valence-corrected chi connectivity index (χ0v) is 10.2. The van der Waals surface area contributed by atoms with Gasteiger partial charge < -0.3 is 0 Å². The van der Waals surface area contributed by atoms with E-state index in [0.717, 1.165) is 23.1 Å². The van der Waals surface area contributed by atoms with Crippen molar-refractivity contribution in [2.24, 2.45) is 0 Å². The van der Waals surface area contributed by atoms with Crippen LogP contribution < -0.4 is 0 Å². The Bertz CT molecular complexity index is 562.